The fourth-order valence-electron chi connectivity index (χ4n) is 3.40. The molecule has 1 amide bonds. The van der Waals surface area contributed by atoms with Gasteiger partial charge in [0.05, 0.1) is 5.69 Å². The van der Waals surface area contributed by atoms with E-state index in [1.807, 2.05) is 35.2 Å². The van der Waals surface area contributed by atoms with Crippen LogP contribution in [0, 0.1) is 0 Å². The predicted molar refractivity (Wildman–Crippen MR) is 98.4 cm³/mol. The number of aryl methyl sites for hydroxylation is 1. The minimum atomic E-state index is -0.155. The second-order valence-electron chi connectivity index (χ2n) is 6.62. The number of piperidine rings is 1. The summed E-state index contributed by atoms with van der Waals surface area (Å²) in [6, 6.07) is 9.56. The average molecular weight is 363 g/mol. The van der Waals surface area contributed by atoms with Crippen LogP contribution in [0.5, 0.6) is 0 Å². The van der Waals surface area contributed by atoms with Gasteiger partial charge in [-0.05, 0) is 25.7 Å². The standard InChI is InChI=1S/C20H21N5O2/c26-18(10-9-16-14-21-11-12-22-16)25-13-5-4-8-17(25)20-23-19(24-27-20)15-6-2-1-3-7-15/h1-3,6-7,11-12,14,17H,4-5,8-10,13H2/t17-/m1/s1. The van der Waals surface area contributed by atoms with Crippen molar-refractivity contribution in [2.24, 2.45) is 0 Å². The topological polar surface area (TPSA) is 85.0 Å². The summed E-state index contributed by atoms with van der Waals surface area (Å²) >= 11 is 0. The highest BCUT2D eigenvalue weighted by molar-refractivity contribution is 5.77. The molecule has 0 aliphatic carbocycles. The Labute approximate surface area is 157 Å². The van der Waals surface area contributed by atoms with Crippen LogP contribution in [0.3, 0.4) is 0 Å². The zero-order valence-corrected chi connectivity index (χ0v) is 15.0. The molecule has 0 N–H and O–H groups in total. The molecular formula is C20H21N5O2. The SMILES string of the molecule is O=C(CCc1cnccn1)N1CCCC[C@@H]1c1nc(-c2ccccc2)no1. The van der Waals surface area contributed by atoms with Gasteiger partial charge < -0.3 is 9.42 Å². The Morgan fingerprint density at radius 1 is 1.19 bits per heavy atom. The van der Waals surface area contributed by atoms with Gasteiger partial charge in [-0.25, -0.2) is 0 Å². The van der Waals surface area contributed by atoms with E-state index >= 15 is 0 Å². The number of nitrogens with zero attached hydrogens (tertiary/aromatic N) is 5. The fourth-order valence-corrected chi connectivity index (χ4v) is 3.40. The van der Waals surface area contributed by atoms with Crippen LogP contribution in [-0.4, -0.2) is 37.5 Å². The molecule has 4 rings (SSSR count). The van der Waals surface area contributed by atoms with Crippen molar-refractivity contribution < 1.29 is 9.32 Å². The van der Waals surface area contributed by atoms with Gasteiger partial charge in [0.15, 0.2) is 0 Å². The molecule has 1 aliphatic heterocycles. The molecule has 1 aromatic carbocycles. The van der Waals surface area contributed by atoms with Crippen LogP contribution in [0.15, 0.2) is 53.4 Å². The summed E-state index contributed by atoms with van der Waals surface area (Å²) in [7, 11) is 0. The first-order chi connectivity index (χ1) is 13.3. The van der Waals surface area contributed by atoms with E-state index in [2.05, 4.69) is 20.1 Å². The largest absolute Gasteiger partial charge is 0.337 e. The van der Waals surface area contributed by atoms with E-state index in [4.69, 9.17) is 4.52 Å². The molecule has 7 heteroatoms. The van der Waals surface area contributed by atoms with Crippen LogP contribution < -0.4 is 0 Å². The molecule has 0 spiro atoms. The minimum Gasteiger partial charge on any atom is -0.337 e. The Kier molecular flexibility index (Phi) is 5.18. The number of amides is 1. The highest BCUT2D eigenvalue weighted by atomic mass is 16.5. The maximum absolute atomic E-state index is 12.8. The Balaban J connectivity index is 1.47. The van der Waals surface area contributed by atoms with Gasteiger partial charge in [-0.15, -0.1) is 0 Å². The quantitative estimate of drug-likeness (QED) is 0.692. The Morgan fingerprint density at radius 2 is 2.07 bits per heavy atom. The number of benzene rings is 1. The number of likely N-dealkylation sites (tertiary alicyclic amines) is 1. The summed E-state index contributed by atoms with van der Waals surface area (Å²) in [4.78, 5) is 27.5. The lowest BCUT2D eigenvalue weighted by atomic mass is 10.0. The average Bonchev–Trinajstić information content (AvgIpc) is 3.23. The second-order valence-corrected chi connectivity index (χ2v) is 6.62. The Hall–Kier alpha value is -3.09. The third-order valence-corrected chi connectivity index (χ3v) is 4.79. The van der Waals surface area contributed by atoms with Gasteiger partial charge in [-0.2, -0.15) is 4.98 Å². The van der Waals surface area contributed by atoms with Crippen LogP contribution in [0.4, 0.5) is 0 Å². The van der Waals surface area contributed by atoms with Crippen molar-refractivity contribution in [3.05, 3.63) is 60.5 Å². The first-order valence-corrected chi connectivity index (χ1v) is 9.24. The van der Waals surface area contributed by atoms with Gasteiger partial charge in [0.25, 0.3) is 0 Å². The van der Waals surface area contributed by atoms with E-state index in [0.29, 0.717) is 31.1 Å². The van der Waals surface area contributed by atoms with Gasteiger partial charge in [0, 0.05) is 37.1 Å². The second kappa shape index (κ2) is 8.07. The number of carbonyl (C=O) groups excluding carboxylic acids is 1. The molecule has 1 aliphatic rings. The number of carbonyl (C=O) groups is 1. The van der Waals surface area contributed by atoms with Crippen molar-refractivity contribution in [3.63, 3.8) is 0 Å². The fraction of sp³-hybridized carbons (Fsp3) is 0.350. The van der Waals surface area contributed by atoms with E-state index in [-0.39, 0.29) is 11.9 Å². The molecule has 0 unspecified atom stereocenters. The molecule has 138 valence electrons. The first kappa shape index (κ1) is 17.3. The van der Waals surface area contributed by atoms with E-state index < -0.39 is 0 Å². The molecule has 1 atom stereocenters. The molecule has 3 aromatic rings. The van der Waals surface area contributed by atoms with Crippen LogP contribution in [0.1, 0.15) is 43.3 Å². The van der Waals surface area contributed by atoms with Crippen molar-refractivity contribution in [3.8, 4) is 11.4 Å². The molecular weight excluding hydrogens is 342 g/mol. The Bertz CT molecular complexity index is 882. The number of hydrogen-bond donors (Lipinski definition) is 0. The maximum atomic E-state index is 12.8. The third-order valence-electron chi connectivity index (χ3n) is 4.79. The summed E-state index contributed by atoms with van der Waals surface area (Å²) < 4.78 is 5.52. The van der Waals surface area contributed by atoms with Crippen molar-refractivity contribution in [2.75, 3.05) is 6.54 Å². The molecule has 7 nitrogen and oxygen atoms in total. The summed E-state index contributed by atoms with van der Waals surface area (Å²) in [5.41, 5.74) is 1.73. The number of rotatable bonds is 5. The van der Waals surface area contributed by atoms with Crippen molar-refractivity contribution >= 4 is 5.91 Å². The highest BCUT2D eigenvalue weighted by Crippen LogP contribution is 2.31. The molecule has 0 bridgehead atoms. The Morgan fingerprint density at radius 3 is 2.89 bits per heavy atom. The van der Waals surface area contributed by atoms with Gasteiger partial charge in [0.2, 0.25) is 17.6 Å². The summed E-state index contributed by atoms with van der Waals surface area (Å²) in [5, 5.41) is 4.11. The molecule has 2 aromatic heterocycles. The number of aromatic nitrogens is 4. The van der Waals surface area contributed by atoms with Crippen molar-refractivity contribution in [1.29, 1.82) is 0 Å². The van der Waals surface area contributed by atoms with Crippen molar-refractivity contribution in [1.82, 2.24) is 25.0 Å². The molecule has 1 saturated heterocycles. The summed E-state index contributed by atoms with van der Waals surface area (Å²) in [6.45, 7) is 0.715. The van der Waals surface area contributed by atoms with Gasteiger partial charge in [0.1, 0.15) is 6.04 Å². The van der Waals surface area contributed by atoms with Crippen LogP contribution >= 0.6 is 0 Å². The molecule has 0 saturated carbocycles. The van der Waals surface area contributed by atoms with E-state index in [1.54, 1.807) is 18.6 Å². The monoisotopic (exact) mass is 363 g/mol. The normalized spacial score (nSPS) is 17.0. The third kappa shape index (κ3) is 4.02. The van der Waals surface area contributed by atoms with Crippen LogP contribution in [0.2, 0.25) is 0 Å². The maximum Gasteiger partial charge on any atom is 0.249 e. The van der Waals surface area contributed by atoms with E-state index in [1.165, 1.54) is 0 Å². The minimum absolute atomic E-state index is 0.0878. The summed E-state index contributed by atoms with van der Waals surface area (Å²) in [5.74, 6) is 1.16. The predicted octanol–water partition coefficient (Wildman–Crippen LogP) is 3.21. The van der Waals surface area contributed by atoms with E-state index in [9.17, 15) is 4.79 Å². The van der Waals surface area contributed by atoms with Gasteiger partial charge >= 0.3 is 0 Å². The van der Waals surface area contributed by atoms with Crippen molar-refractivity contribution in [2.45, 2.75) is 38.1 Å². The van der Waals surface area contributed by atoms with Gasteiger partial charge in [-0.3, -0.25) is 14.8 Å². The molecule has 1 fully saturated rings. The first-order valence-electron chi connectivity index (χ1n) is 9.24. The lowest BCUT2D eigenvalue weighted by molar-refractivity contribution is -0.135. The highest BCUT2D eigenvalue weighted by Gasteiger charge is 2.32. The van der Waals surface area contributed by atoms with Gasteiger partial charge in [-0.1, -0.05) is 35.5 Å². The zero-order chi connectivity index (χ0) is 18.5. The van der Waals surface area contributed by atoms with E-state index in [0.717, 1.165) is 30.5 Å². The molecule has 3 heterocycles. The smallest absolute Gasteiger partial charge is 0.249 e. The lowest BCUT2D eigenvalue weighted by Crippen LogP contribution is -2.38. The molecule has 27 heavy (non-hydrogen) atoms. The number of hydrogen-bond acceptors (Lipinski definition) is 6. The summed E-state index contributed by atoms with van der Waals surface area (Å²) in [6.07, 6.45) is 8.83. The zero-order valence-electron chi connectivity index (χ0n) is 15.0. The van der Waals surface area contributed by atoms with Crippen LogP contribution in [0.25, 0.3) is 11.4 Å². The van der Waals surface area contributed by atoms with Crippen LogP contribution in [-0.2, 0) is 11.2 Å². The lowest BCUT2D eigenvalue weighted by Gasteiger charge is -2.33. The molecule has 0 radical (unpaired) electrons.